The lowest BCUT2D eigenvalue weighted by molar-refractivity contribution is -0.122. The number of benzene rings is 1. The zero-order valence-electron chi connectivity index (χ0n) is 18.5. The summed E-state index contributed by atoms with van der Waals surface area (Å²) in [5, 5.41) is 17.7. The lowest BCUT2D eigenvalue weighted by atomic mass is 10.1. The number of rotatable bonds is 6. The number of fused-ring (bicyclic) bond motifs is 1. The topological polar surface area (TPSA) is 123 Å². The van der Waals surface area contributed by atoms with Gasteiger partial charge in [0.05, 0.1) is 18.5 Å². The highest BCUT2D eigenvalue weighted by molar-refractivity contribution is 7.93. The predicted molar refractivity (Wildman–Crippen MR) is 118 cm³/mol. The minimum Gasteiger partial charge on any atom is -0.495 e. The Labute approximate surface area is 185 Å². The Morgan fingerprint density at radius 2 is 1.90 bits per heavy atom. The van der Waals surface area contributed by atoms with E-state index in [9.17, 15) is 18.3 Å². The summed E-state index contributed by atoms with van der Waals surface area (Å²) in [6.45, 7) is 7.78. The van der Waals surface area contributed by atoms with Gasteiger partial charge in [-0.15, -0.1) is 0 Å². The van der Waals surface area contributed by atoms with Crippen LogP contribution in [0.25, 0.3) is 16.2 Å². The maximum absolute atomic E-state index is 13.4. The third kappa shape index (κ3) is 3.70. The summed E-state index contributed by atoms with van der Waals surface area (Å²) in [5.41, 5.74) is 0.658. The SMILES string of the molecule is CNC(=O)C(C)(C)S(=O)(=O)c1cc(-c2c(C)nc3sc(C(C)(C)O)nn23)ccc1OC. The van der Waals surface area contributed by atoms with E-state index < -0.39 is 26.1 Å². The van der Waals surface area contributed by atoms with Crippen molar-refractivity contribution < 1.29 is 23.1 Å². The third-order valence-electron chi connectivity index (χ3n) is 5.07. The average molecular weight is 467 g/mol. The lowest BCUT2D eigenvalue weighted by Crippen LogP contribution is -2.46. The summed E-state index contributed by atoms with van der Waals surface area (Å²) in [6.07, 6.45) is 0. The van der Waals surface area contributed by atoms with E-state index in [1.54, 1.807) is 37.4 Å². The second-order valence-corrected chi connectivity index (χ2v) is 11.6. The Bertz CT molecular complexity index is 1270. The van der Waals surface area contributed by atoms with Gasteiger partial charge < -0.3 is 15.2 Å². The third-order valence-corrected chi connectivity index (χ3v) is 8.72. The van der Waals surface area contributed by atoms with Gasteiger partial charge in [0, 0.05) is 12.6 Å². The molecule has 3 aromatic rings. The van der Waals surface area contributed by atoms with E-state index in [1.807, 2.05) is 0 Å². The van der Waals surface area contributed by atoms with Crippen LogP contribution in [0.15, 0.2) is 23.1 Å². The first-order valence-corrected chi connectivity index (χ1v) is 11.8. The number of nitrogens with zero attached hydrogens (tertiary/aromatic N) is 3. The van der Waals surface area contributed by atoms with E-state index in [1.165, 1.54) is 45.4 Å². The number of imidazole rings is 1. The molecule has 0 bridgehead atoms. The molecule has 0 atom stereocenters. The van der Waals surface area contributed by atoms with Crippen LogP contribution in [-0.2, 0) is 20.2 Å². The Hall–Kier alpha value is -2.50. The second-order valence-electron chi connectivity index (χ2n) is 8.16. The largest absolute Gasteiger partial charge is 0.495 e. The summed E-state index contributed by atoms with van der Waals surface area (Å²) < 4.78 is 32.0. The van der Waals surface area contributed by atoms with E-state index >= 15 is 0 Å². The molecule has 0 fully saturated rings. The van der Waals surface area contributed by atoms with Gasteiger partial charge in [0.1, 0.15) is 26.0 Å². The molecule has 168 valence electrons. The van der Waals surface area contributed by atoms with Crippen molar-refractivity contribution in [2.24, 2.45) is 0 Å². The number of nitrogens with one attached hydrogen (secondary N) is 1. The number of hydrogen-bond donors (Lipinski definition) is 2. The smallest absolute Gasteiger partial charge is 0.241 e. The number of amides is 1. The van der Waals surface area contributed by atoms with Crippen LogP contribution in [0.3, 0.4) is 0 Å². The summed E-state index contributed by atoms with van der Waals surface area (Å²) in [6, 6.07) is 4.73. The van der Waals surface area contributed by atoms with Crippen LogP contribution in [0.1, 0.15) is 38.4 Å². The molecule has 3 rings (SSSR count). The van der Waals surface area contributed by atoms with Crippen LogP contribution in [-0.4, -0.2) is 52.9 Å². The van der Waals surface area contributed by atoms with E-state index in [2.05, 4.69) is 15.4 Å². The Morgan fingerprint density at radius 3 is 2.45 bits per heavy atom. The van der Waals surface area contributed by atoms with Gasteiger partial charge in [0.2, 0.25) is 10.9 Å². The molecule has 0 unspecified atom stereocenters. The molecule has 1 amide bonds. The molecule has 0 spiro atoms. The van der Waals surface area contributed by atoms with E-state index in [-0.39, 0.29) is 10.6 Å². The number of hydrogen-bond acceptors (Lipinski definition) is 8. The number of aryl methyl sites for hydroxylation is 1. The number of ether oxygens (including phenoxy) is 1. The fourth-order valence-electron chi connectivity index (χ4n) is 3.16. The maximum atomic E-state index is 13.4. The summed E-state index contributed by atoms with van der Waals surface area (Å²) in [5.74, 6) is -0.494. The van der Waals surface area contributed by atoms with E-state index in [0.29, 0.717) is 26.9 Å². The summed E-state index contributed by atoms with van der Waals surface area (Å²) >= 11 is 1.26. The van der Waals surface area contributed by atoms with Gasteiger partial charge in [-0.1, -0.05) is 11.3 Å². The minimum atomic E-state index is -4.11. The molecule has 0 aliphatic carbocycles. The second kappa shape index (κ2) is 7.57. The highest BCUT2D eigenvalue weighted by Crippen LogP contribution is 2.37. The number of carbonyl (C=O) groups is 1. The quantitative estimate of drug-likeness (QED) is 0.571. The normalized spacial score (nSPS) is 12.9. The van der Waals surface area contributed by atoms with Crippen molar-refractivity contribution in [1.82, 2.24) is 19.9 Å². The van der Waals surface area contributed by atoms with Gasteiger partial charge in [-0.3, -0.25) is 4.79 Å². The predicted octanol–water partition coefficient (Wildman–Crippen LogP) is 2.30. The van der Waals surface area contributed by atoms with Crippen LogP contribution < -0.4 is 10.1 Å². The van der Waals surface area contributed by atoms with Crippen LogP contribution in [0.4, 0.5) is 0 Å². The van der Waals surface area contributed by atoms with Crippen molar-refractivity contribution in [3.63, 3.8) is 0 Å². The molecule has 2 heterocycles. The number of sulfone groups is 1. The Morgan fingerprint density at radius 1 is 1.26 bits per heavy atom. The molecule has 11 heteroatoms. The Kier molecular flexibility index (Phi) is 5.66. The summed E-state index contributed by atoms with van der Waals surface area (Å²) in [4.78, 5) is 17.3. The monoisotopic (exact) mass is 466 g/mol. The Balaban J connectivity index is 2.26. The molecular formula is C20H26N4O5S2. The van der Waals surface area contributed by atoms with Gasteiger partial charge in [0.25, 0.3) is 0 Å². The molecule has 2 aromatic heterocycles. The first-order valence-electron chi connectivity index (χ1n) is 9.50. The number of methoxy groups -OCH3 is 1. The number of carbonyl (C=O) groups excluding carboxylic acids is 1. The van der Waals surface area contributed by atoms with Crippen LogP contribution in [0.5, 0.6) is 5.75 Å². The number of aromatic nitrogens is 3. The van der Waals surface area contributed by atoms with Crippen molar-refractivity contribution in [3.05, 3.63) is 28.9 Å². The molecule has 31 heavy (non-hydrogen) atoms. The average Bonchev–Trinajstić information content (AvgIpc) is 3.23. The molecule has 0 saturated heterocycles. The molecule has 0 aliphatic heterocycles. The molecule has 9 nitrogen and oxygen atoms in total. The molecular weight excluding hydrogens is 440 g/mol. The summed E-state index contributed by atoms with van der Waals surface area (Å²) in [7, 11) is -1.35. The lowest BCUT2D eigenvalue weighted by Gasteiger charge is -2.24. The van der Waals surface area contributed by atoms with Gasteiger partial charge in [-0.05, 0) is 52.8 Å². The molecule has 0 saturated carbocycles. The zero-order chi connectivity index (χ0) is 23.4. The van der Waals surface area contributed by atoms with Gasteiger partial charge in [-0.25, -0.2) is 17.9 Å². The van der Waals surface area contributed by atoms with Crippen LogP contribution >= 0.6 is 11.3 Å². The van der Waals surface area contributed by atoms with Crippen LogP contribution in [0, 0.1) is 6.92 Å². The fraction of sp³-hybridized carbons (Fsp3) is 0.450. The van der Waals surface area contributed by atoms with Crippen molar-refractivity contribution in [2.45, 2.75) is 49.9 Å². The van der Waals surface area contributed by atoms with E-state index in [0.717, 1.165) is 0 Å². The van der Waals surface area contributed by atoms with Gasteiger partial charge >= 0.3 is 0 Å². The highest BCUT2D eigenvalue weighted by Gasteiger charge is 2.44. The first-order chi connectivity index (χ1) is 14.3. The highest BCUT2D eigenvalue weighted by atomic mass is 32.2. The maximum Gasteiger partial charge on any atom is 0.241 e. The molecule has 0 aliphatic rings. The number of aliphatic hydroxyl groups is 1. The molecule has 0 radical (unpaired) electrons. The van der Waals surface area contributed by atoms with Crippen LogP contribution in [0.2, 0.25) is 0 Å². The van der Waals surface area contributed by atoms with Crippen molar-refractivity contribution in [2.75, 3.05) is 14.2 Å². The first kappa shape index (κ1) is 23.2. The van der Waals surface area contributed by atoms with Gasteiger partial charge in [0.15, 0.2) is 9.84 Å². The van der Waals surface area contributed by atoms with Crippen molar-refractivity contribution >= 4 is 32.0 Å². The minimum absolute atomic E-state index is 0.103. The van der Waals surface area contributed by atoms with Gasteiger partial charge in [-0.2, -0.15) is 5.10 Å². The molecule has 1 aromatic carbocycles. The zero-order valence-corrected chi connectivity index (χ0v) is 20.1. The fourth-order valence-corrected chi connectivity index (χ4v) is 5.70. The van der Waals surface area contributed by atoms with E-state index in [4.69, 9.17) is 4.74 Å². The van der Waals surface area contributed by atoms with Crippen molar-refractivity contribution in [1.29, 1.82) is 0 Å². The van der Waals surface area contributed by atoms with Crippen molar-refractivity contribution in [3.8, 4) is 17.0 Å². The standard InChI is InChI=1S/C20H26N4O5S2/c1-11-15(24-18(22-11)30-17(23-24)19(2,3)26)12-8-9-13(29-7)14(10-12)31(27,28)20(4,5)16(25)21-6/h8-10,26H,1-7H3,(H,21,25). The molecule has 2 N–H and O–H groups in total.